The van der Waals surface area contributed by atoms with Gasteiger partial charge in [-0.05, 0) is 31.0 Å². The molecule has 1 aliphatic rings. The van der Waals surface area contributed by atoms with Crippen molar-refractivity contribution in [3.63, 3.8) is 0 Å². The minimum Gasteiger partial charge on any atom is -0.330 e. The molecule has 18 heavy (non-hydrogen) atoms. The lowest BCUT2D eigenvalue weighted by Gasteiger charge is -2.17. The maximum atomic E-state index is 13.8. The smallest absolute Gasteiger partial charge is 0.246 e. The lowest BCUT2D eigenvalue weighted by Crippen LogP contribution is -2.30. The lowest BCUT2D eigenvalue weighted by atomic mass is 10.1. The van der Waals surface area contributed by atoms with Crippen LogP contribution in [0.4, 0.5) is 4.39 Å². The van der Waals surface area contributed by atoms with Crippen molar-refractivity contribution in [1.82, 2.24) is 4.31 Å². The van der Waals surface area contributed by atoms with Gasteiger partial charge in [0.05, 0.1) is 5.02 Å². The van der Waals surface area contributed by atoms with Crippen molar-refractivity contribution in [3.8, 4) is 0 Å². The van der Waals surface area contributed by atoms with Crippen LogP contribution in [0.5, 0.6) is 0 Å². The largest absolute Gasteiger partial charge is 0.330 e. The number of sulfonamides is 1. The van der Waals surface area contributed by atoms with E-state index < -0.39 is 15.8 Å². The van der Waals surface area contributed by atoms with E-state index in [0.717, 1.165) is 0 Å². The fourth-order valence-corrected chi connectivity index (χ4v) is 3.88. The van der Waals surface area contributed by atoms with Gasteiger partial charge < -0.3 is 5.73 Å². The van der Waals surface area contributed by atoms with E-state index in [0.29, 0.717) is 26.1 Å². The Morgan fingerprint density at radius 1 is 1.50 bits per heavy atom. The van der Waals surface area contributed by atoms with Gasteiger partial charge in [0.1, 0.15) is 4.90 Å². The van der Waals surface area contributed by atoms with Crippen LogP contribution < -0.4 is 5.73 Å². The van der Waals surface area contributed by atoms with E-state index in [1.165, 1.54) is 22.5 Å². The average Bonchev–Trinajstić information content (AvgIpc) is 2.81. The summed E-state index contributed by atoms with van der Waals surface area (Å²) in [5.74, 6) is -0.752. The highest BCUT2D eigenvalue weighted by Gasteiger charge is 2.33. The number of rotatable bonds is 3. The summed E-state index contributed by atoms with van der Waals surface area (Å²) in [5, 5.41) is -0.189. The standard InChI is InChI=1S/C11H14ClFN2O2S/c12-9-2-1-3-10(11(9)13)18(16,17)15-5-4-8(6-14)7-15/h1-3,8H,4-7,14H2/t8-/m0/s1. The van der Waals surface area contributed by atoms with Gasteiger partial charge in [-0.2, -0.15) is 4.31 Å². The Morgan fingerprint density at radius 3 is 2.83 bits per heavy atom. The fraction of sp³-hybridized carbons (Fsp3) is 0.455. The second-order valence-corrected chi connectivity index (χ2v) is 6.62. The normalized spacial score (nSPS) is 21.4. The molecular formula is C11H14ClFN2O2S. The minimum atomic E-state index is -3.82. The van der Waals surface area contributed by atoms with Crippen LogP contribution in [0, 0.1) is 11.7 Å². The van der Waals surface area contributed by atoms with E-state index in [1.54, 1.807) is 0 Å². The van der Waals surface area contributed by atoms with Crippen LogP contribution in [0.25, 0.3) is 0 Å². The summed E-state index contributed by atoms with van der Waals surface area (Å²) in [4.78, 5) is -0.368. The molecule has 0 radical (unpaired) electrons. The molecule has 1 saturated heterocycles. The quantitative estimate of drug-likeness (QED) is 0.917. The van der Waals surface area contributed by atoms with Gasteiger partial charge in [-0.1, -0.05) is 17.7 Å². The topological polar surface area (TPSA) is 63.4 Å². The number of nitrogens with zero attached hydrogens (tertiary/aromatic N) is 1. The summed E-state index contributed by atoms with van der Waals surface area (Å²) >= 11 is 5.60. The summed E-state index contributed by atoms with van der Waals surface area (Å²) in [6.45, 7) is 1.14. The summed E-state index contributed by atoms with van der Waals surface area (Å²) in [6.07, 6.45) is 0.706. The predicted octanol–water partition coefficient (Wildman–Crippen LogP) is 1.45. The Balaban J connectivity index is 2.35. The van der Waals surface area contributed by atoms with Crippen molar-refractivity contribution in [2.24, 2.45) is 11.7 Å². The molecule has 1 heterocycles. The number of halogens is 2. The maximum Gasteiger partial charge on any atom is 0.246 e. The van der Waals surface area contributed by atoms with Crippen molar-refractivity contribution in [3.05, 3.63) is 29.0 Å². The zero-order chi connectivity index (χ0) is 13.3. The first-order valence-electron chi connectivity index (χ1n) is 5.61. The second-order valence-electron chi connectivity index (χ2n) is 4.31. The van der Waals surface area contributed by atoms with Gasteiger partial charge in [-0.15, -0.1) is 0 Å². The van der Waals surface area contributed by atoms with Gasteiger partial charge in [0.25, 0.3) is 0 Å². The molecule has 7 heteroatoms. The summed E-state index contributed by atoms with van der Waals surface area (Å²) in [6, 6.07) is 3.98. The third-order valence-electron chi connectivity index (χ3n) is 3.12. The zero-order valence-corrected chi connectivity index (χ0v) is 11.2. The van der Waals surface area contributed by atoms with Crippen LogP contribution in [-0.4, -0.2) is 32.4 Å². The Morgan fingerprint density at radius 2 is 2.22 bits per heavy atom. The summed E-state index contributed by atoms with van der Waals surface area (Å²) in [5.41, 5.74) is 5.52. The van der Waals surface area contributed by atoms with Crippen molar-refractivity contribution < 1.29 is 12.8 Å². The molecule has 4 nitrogen and oxygen atoms in total. The van der Waals surface area contributed by atoms with Gasteiger partial charge >= 0.3 is 0 Å². The highest BCUT2D eigenvalue weighted by Crippen LogP contribution is 2.28. The second kappa shape index (κ2) is 5.13. The average molecular weight is 293 g/mol. The van der Waals surface area contributed by atoms with E-state index in [2.05, 4.69) is 0 Å². The molecule has 1 atom stereocenters. The van der Waals surface area contributed by atoms with Crippen LogP contribution in [-0.2, 0) is 10.0 Å². The van der Waals surface area contributed by atoms with Gasteiger partial charge in [0.15, 0.2) is 5.82 Å². The molecule has 0 spiro atoms. The third-order valence-corrected chi connectivity index (χ3v) is 5.29. The van der Waals surface area contributed by atoms with Gasteiger partial charge in [0.2, 0.25) is 10.0 Å². The monoisotopic (exact) mass is 292 g/mol. The summed E-state index contributed by atoms with van der Waals surface area (Å²) < 4.78 is 39.5. The molecular weight excluding hydrogens is 279 g/mol. The third kappa shape index (κ3) is 2.38. The maximum absolute atomic E-state index is 13.8. The molecule has 0 saturated carbocycles. The fourth-order valence-electron chi connectivity index (χ4n) is 2.03. The van der Waals surface area contributed by atoms with Crippen molar-refractivity contribution in [2.45, 2.75) is 11.3 Å². The lowest BCUT2D eigenvalue weighted by molar-refractivity contribution is 0.453. The van der Waals surface area contributed by atoms with Crippen LogP contribution in [0.2, 0.25) is 5.02 Å². The molecule has 0 amide bonds. The molecule has 2 rings (SSSR count). The van der Waals surface area contributed by atoms with Crippen LogP contribution in [0.1, 0.15) is 6.42 Å². The van der Waals surface area contributed by atoms with E-state index in [1.807, 2.05) is 0 Å². The Bertz CT molecular complexity index is 550. The number of nitrogens with two attached hydrogens (primary N) is 1. The number of hydrogen-bond acceptors (Lipinski definition) is 3. The molecule has 0 bridgehead atoms. The van der Waals surface area contributed by atoms with Crippen molar-refractivity contribution >= 4 is 21.6 Å². The molecule has 1 aliphatic heterocycles. The minimum absolute atomic E-state index is 0.141. The molecule has 2 N–H and O–H groups in total. The summed E-state index contributed by atoms with van der Waals surface area (Å²) in [7, 11) is -3.82. The van der Waals surface area contributed by atoms with E-state index in [-0.39, 0.29) is 15.8 Å². The molecule has 100 valence electrons. The van der Waals surface area contributed by atoms with E-state index in [4.69, 9.17) is 17.3 Å². The Kier molecular flexibility index (Phi) is 3.91. The van der Waals surface area contributed by atoms with Crippen LogP contribution in [0.15, 0.2) is 23.1 Å². The molecule has 0 aliphatic carbocycles. The zero-order valence-electron chi connectivity index (χ0n) is 9.64. The molecule has 0 aromatic heterocycles. The first-order chi connectivity index (χ1) is 8.46. The Labute approximate surface area is 111 Å². The van der Waals surface area contributed by atoms with E-state index in [9.17, 15) is 12.8 Å². The van der Waals surface area contributed by atoms with Crippen LogP contribution in [0.3, 0.4) is 0 Å². The van der Waals surface area contributed by atoms with Gasteiger partial charge in [-0.25, -0.2) is 12.8 Å². The van der Waals surface area contributed by atoms with Crippen LogP contribution >= 0.6 is 11.6 Å². The van der Waals surface area contributed by atoms with Gasteiger partial charge in [0, 0.05) is 13.1 Å². The Hall–Kier alpha value is -0.690. The molecule has 1 fully saturated rings. The van der Waals surface area contributed by atoms with E-state index >= 15 is 0 Å². The van der Waals surface area contributed by atoms with Crippen molar-refractivity contribution in [1.29, 1.82) is 0 Å². The molecule has 1 aromatic rings. The highest BCUT2D eigenvalue weighted by atomic mass is 35.5. The predicted molar refractivity (Wildman–Crippen MR) is 67.3 cm³/mol. The van der Waals surface area contributed by atoms with Crippen molar-refractivity contribution in [2.75, 3.05) is 19.6 Å². The first kappa shape index (κ1) is 13.7. The SMILES string of the molecule is NC[C@@H]1CCN(S(=O)(=O)c2cccc(Cl)c2F)C1. The molecule has 0 unspecified atom stereocenters. The highest BCUT2D eigenvalue weighted by molar-refractivity contribution is 7.89. The number of hydrogen-bond donors (Lipinski definition) is 1. The molecule has 1 aromatic carbocycles. The number of benzene rings is 1. The first-order valence-corrected chi connectivity index (χ1v) is 7.43. The van der Waals surface area contributed by atoms with Gasteiger partial charge in [-0.3, -0.25) is 0 Å².